The molecule has 0 saturated carbocycles. The molecule has 0 spiro atoms. The second-order valence-corrected chi connectivity index (χ2v) is 5.67. The molecular formula is C16H27N3. The fourth-order valence-corrected chi connectivity index (χ4v) is 2.97. The van der Waals surface area contributed by atoms with Crippen molar-refractivity contribution < 1.29 is 0 Å². The molecule has 0 amide bonds. The van der Waals surface area contributed by atoms with Crippen LogP contribution in [-0.2, 0) is 0 Å². The van der Waals surface area contributed by atoms with Gasteiger partial charge in [0.15, 0.2) is 0 Å². The van der Waals surface area contributed by atoms with E-state index in [1.807, 2.05) is 12.1 Å². The Balaban J connectivity index is 1.95. The van der Waals surface area contributed by atoms with Crippen LogP contribution < -0.4 is 5.73 Å². The van der Waals surface area contributed by atoms with Gasteiger partial charge in [-0.3, -0.25) is 4.90 Å². The number of nitrogens with two attached hydrogens (primary N) is 1. The third-order valence-corrected chi connectivity index (χ3v) is 4.61. The van der Waals surface area contributed by atoms with Crippen molar-refractivity contribution in [1.82, 2.24) is 9.80 Å². The number of nitrogens with zero attached hydrogens (tertiary/aromatic N) is 2. The van der Waals surface area contributed by atoms with Crippen LogP contribution in [0.4, 0.5) is 5.69 Å². The molecule has 0 aliphatic carbocycles. The summed E-state index contributed by atoms with van der Waals surface area (Å²) < 4.78 is 0. The summed E-state index contributed by atoms with van der Waals surface area (Å²) in [6, 6.07) is 9.46. The van der Waals surface area contributed by atoms with Crippen LogP contribution in [0.1, 0.15) is 38.3 Å². The van der Waals surface area contributed by atoms with Gasteiger partial charge in [-0.2, -0.15) is 0 Å². The summed E-state index contributed by atoms with van der Waals surface area (Å²) in [5.41, 5.74) is 7.96. The smallest absolute Gasteiger partial charge is 0.0319 e. The second-order valence-electron chi connectivity index (χ2n) is 5.67. The van der Waals surface area contributed by atoms with E-state index in [9.17, 15) is 0 Å². The lowest BCUT2D eigenvalue weighted by Gasteiger charge is -2.39. The van der Waals surface area contributed by atoms with Gasteiger partial charge in [-0.1, -0.05) is 19.1 Å². The molecule has 0 bridgehead atoms. The van der Waals surface area contributed by atoms with Gasteiger partial charge in [0.2, 0.25) is 0 Å². The van der Waals surface area contributed by atoms with Crippen LogP contribution >= 0.6 is 0 Å². The summed E-state index contributed by atoms with van der Waals surface area (Å²) in [5, 5.41) is 0. The first-order chi connectivity index (χ1) is 9.11. The van der Waals surface area contributed by atoms with Crippen molar-refractivity contribution >= 4 is 5.69 Å². The number of anilines is 1. The van der Waals surface area contributed by atoms with Gasteiger partial charge in [0.05, 0.1) is 0 Å². The Hall–Kier alpha value is -1.06. The molecule has 2 rings (SSSR count). The van der Waals surface area contributed by atoms with Gasteiger partial charge in [0.25, 0.3) is 0 Å². The summed E-state index contributed by atoms with van der Waals surface area (Å²) in [7, 11) is 2.26. The van der Waals surface area contributed by atoms with Gasteiger partial charge in [-0.05, 0) is 64.1 Å². The van der Waals surface area contributed by atoms with Crippen LogP contribution in [0.5, 0.6) is 0 Å². The maximum absolute atomic E-state index is 5.76. The Morgan fingerprint density at radius 1 is 1.26 bits per heavy atom. The Kier molecular flexibility index (Phi) is 4.83. The molecule has 1 fully saturated rings. The quantitative estimate of drug-likeness (QED) is 0.846. The van der Waals surface area contributed by atoms with Crippen molar-refractivity contribution in [2.45, 2.75) is 38.8 Å². The number of piperidine rings is 1. The fourth-order valence-electron chi connectivity index (χ4n) is 2.97. The van der Waals surface area contributed by atoms with E-state index in [1.54, 1.807) is 0 Å². The monoisotopic (exact) mass is 261 g/mol. The summed E-state index contributed by atoms with van der Waals surface area (Å²) in [6.07, 6.45) is 2.56. The second kappa shape index (κ2) is 6.40. The van der Waals surface area contributed by atoms with E-state index < -0.39 is 0 Å². The van der Waals surface area contributed by atoms with Crippen molar-refractivity contribution in [3.63, 3.8) is 0 Å². The number of hydrogen-bond acceptors (Lipinski definition) is 3. The van der Waals surface area contributed by atoms with E-state index >= 15 is 0 Å². The molecule has 1 aliphatic rings. The van der Waals surface area contributed by atoms with Gasteiger partial charge in [0, 0.05) is 17.8 Å². The molecule has 1 aliphatic heterocycles. The zero-order valence-electron chi connectivity index (χ0n) is 12.5. The van der Waals surface area contributed by atoms with Gasteiger partial charge in [0.1, 0.15) is 0 Å². The topological polar surface area (TPSA) is 32.5 Å². The molecule has 1 saturated heterocycles. The van der Waals surface area contributed by atoms with Gasteiger partial charge in [-0.25, -0.2) is 0 Å². The normalized spacial score (nSPS) is 19.8. The van der Waals surface area contributed by atoms with Gasteiger partial charge >= 0.3 is 0 Å². The largest absolute Gasteiger partial charge is 0.399 e. The molecule has 1 heterocycles. The van der Waals surface area contributed by atoms with E-state index in [-0.39, 0.29) is 0 Å². The number of benzene rings is 1. The van der Waals surface area contributed by atoms with Gasteiger partial charge in [-0.15, -0.1) is 0 Å². The molecule has 19 heavy (non-hydrogen) atoms. The minimum atomic E-state index is 0.457. The maximum Gasteiger partial charge on any atom is 0.0319 e. The average Bonchev–Trinajstić information content (AvgIpc) is 2.46. The van der Waals surface area contributed by atoms with Crippen LogP contribution in [0.2, 0.25) is 0 Å². The van der Waals surface area contributed by atoms with E-state index in [2.05, 4.69) is 42.8 Å². The molecule has 3 heteroatoms. The number of likely N-dealkylation sites (tertiary alicyclic amines) is 1. The number of nitrogen functional groups attached to an aromatic ring is 1. The van der Waals surface area contributed by atoms with Crippen molar-refractivity contribution in [2.24, 2.45) is 0 Å². The first kappa shape index (κ1) is 14.4. The molecule has 1 atom stereocenters. The summed E-state index contributed by atoms with van der Waals surface area (Å²) in [5.74, 6) is 0. The zero-order valence-corrected chi connectivity index (χ0v) is 12.5. The molecule has 0 aromatic heterocycles. The molecule has 2 N–H and O–H groups in total. The molecule has 1 unspecified atom stereocenters. The lowest BCUT2D eigenvalue weighted by Crippen LogP contribution is -2.44. The minimum absolute atomic E-state index is 0.457. The van der Waals surface area contributed by atoms with E-state index in [1.165, 1.54) is 38.0 Å². The number of rotatable bonds is 4. The van der Waals surface area contributed by atoms with Crippen molar-refractivity contribution in [3.05, 3.63) is 29.8 Å². The molecule has 3 nitrogen and oxygen atoms in total. The van der Waals surface area contributed by atoms with Crippen LogP contribution in [0, 0.1) is 0 Å². The zero-order chi connectivity index (χ0) is 13.8. The van der Waals surface area contributed by atoms with Crippen LogP contribution in [0.3, 0.4) is 0 Å². The Morgan fingerprint density at radius 2 is 1.84 bits per heavy atom. The highest BCUT2D eigenvalue weighted by molar-refractivity contribution is 5.40. The third kappa shape index (κ3) is 3.48. The van der Waals surface area contributed by atoms with Crippen LogP contribution in [0.15, 0.2) is 24.3 Å². The van der Waals surface area contributed by atoms with E-state index in [0.29, 0.717) is 12.1 Å². The molecule has 106 valence electrons. The van der Waals surface area contributed by atoms with E-state index in [4.69, 9.17) is 5.73 Å². The molecule has 0 radical (unpaired) electrons. The van der Waals surface area contributed by atoms with Crippen molar-refractivity contribution in [2.75, 3.05) is 32.4 Å². The molecule has 1 aromatic rings. The minimum Gasteiger partial charge on any atom is -0.399 e. The highest BCUT2D eigenvalue weighted by Gasteiger charge is 2.25. The third-order valence-electron chi connectivity index (χ3n) is 4.61. The average molecular weight is 261 g/mol. The molecule has 1 aromatic carbocycles. The molecular weight excluding hydrogens is 234 g/mol. The van der Waals surface area contributed by atoms with Crippen molar-refractivity contribution in [3.8, 4) is 0 Å². The van der Waals surface area contributed by atoms with Crippen LogP contribution in [-0.4, -0.2) is 42.5 Å². The highest BCUT2D eigenvalue weighted by Crippen LogP contribution is 2.26. The lowest BCUT2D eigenvalue weighted by atomic mass is 9.99. The Morgan fingerprint density at radius 3 is 2.37 bits per heavy atom. The SMILES string of the molecule is CCN1CCC(N(C)C(C)c2ccc(N)cc2)CC1. The van der Waals surface area contributed by atoms with Crippen molar-refractivity contribution in [1.29, 1.82) is 0 Å². The van der Waals surface area contributed by atoms with Crippen LogP contribution in [0.25, 0.3) is 0 Å². The first-order valence-corrected chi connectivity index (χ1v) is 7.41. The first-order valence-electron chi connectivity index (χ1n) is 7.41. The predicted octanol–water partition coefficient (Wildman–Crippen LogP) is 2.75. The maximum atomic E-state index is 5.76. The summed E-state index contributed by atoms with van der Waals surface area (Å²) >= 11 is 0. The fraction of sp³-hybridized carbons (Fsp3) is 0.625. The van der Waals surface area contributed by atoms with Gasteiger partial charge < -0.3 is 10.6 Å². The Labute approximate surface area is 117 Å². The number of hydrogen-bond donors (Lipinski definition) is 1. The lowest BCUT2D eigenvalue weighted by molar-refractivity contribution is 0.104. The summed E-state index contributed by atoms with van der Waals surface area (Å²) in [6.45, 7) is 8.20. The predicted molar refractivity (Wildman–Crippen MR) is 82.2 cm³/mol. The highest BCUT2D eigenvalue weighted by atomic mass is 15.2. The Bertz CT molecular complexity index is 379. The standard InChI is InChI=1S/C16H27N3/c1-4-19-11-9-16(10-12-19)18(3)13(2)14-5-7-15(17)8-6-14/h5-8,13,16H,4,9-12,17H2,1-3H3. The summed E-state index contributed by atoms with van der Waals surface area (Å²) in [4.78, 5) is 5.07. The van der Waals surface area contributed by atoms with E-state index in [0.717, 1.165) is 5.69 Å².